The molecule has 0 amide bonds. The first kappa shape index (κ1) is 33.6. The Bertz CT molecular complexity index is 814. The zero-order chi connectivity index (χ0) is 28.5. The molecule has 0 aliphatic rings. The minimum Gasteiger partial charge on any atom is -0.367 e. The van der Waals surface area contributed by atoms with E-state index in [0.717, 1.165) is 6.92 Å². The van der Waals surface area contributed by atoms with Crippen LogP contribution in [-0.4, -0.2) is 84.1 Å². The summed E-state index contributed by atoms with van der Waals surface area (Å²) in [5, 5.41) is 17.6. The fourth-order valence-electron chi connectivity index (χ4n) is 2.50. The number of aliphatic hydroxyl groups excluding tert-OH is 1. The van der Waals surface area contributed by atoms with Gasteiger partial charge < -0.3 is 10.2 Å². The summed E-state index contributed by atoms with van der Waals surface area (Å²) in [4.78, 5) is 0. The Labute approximate surface area is 188 Å². The van der Waals surface area contributed by atoms with Crippen LogP contribution in [0.5, 0.6) is 0 Å². The summed E-state index contributed by atoms with van der Waals surface area (Å²) in [6.45, 7) is -0.819. The number of rotatable bonds is 10. The first-order chi connectivity index (χ1) is 15.2. The lowest BCUT2D eigenvalue weighted by Crippen LogP contribution is -2.54. The Hall–Kier alpha value is -1.41. The van der Waals surface area contributed by atoms with Crippen molar-refractivity contribution < 1.29 is 80.1 Å². The van der Waals surface area contributed by atoms with Crippen molar-refractivity contribution in [1.29, 1.82) is 0 Å². The van der Waals surface area contributed by atoms with Gasteiger partial charge >= 0.3 is 36.0 Å². The van der Waals surface area contributed by atoms with Crippen LogP contribution in [0, 0.1) is 0 Å². The van der Waals surface area contributed by atoms with Gasteiger partial charge in [-0.15, -0.1) is 0 Å². The second-order valence-corrected chi connectivity index (χ2v) is 9.07. The van der Waals surface area contributed by atoms with Crippen molar-refractivity contribution in [2.24, 2.45) is 0 Å². The van der Waals surface area contributed by atoms with Gasteiger partial charge in [0.25, 0.3) is 0 Å². The molecular formula is C15H17F14NO4S. The van der Waals surface area contributed by atoms with E-state index in [2.05, 4.69) is 0 Å². The van der Waals surface area contributed by atoms with Crippen LogP contribution in [0.2, 0.25) is 0 Å². The summed E-state index contributed by atoms with van der Waals surface area (Å²) in [5.74, 6) is -1.85. The summed E-state index contributed by atoms with van der Waals surface area (Å²) in [6.07, 6.45) is -37.6. The lowest BCUT2D eigenvalue weighted by molar-refractivity contribution is -0.341. The number of alkyl halides is 14. The maximum atomic E-state index is 14.0. The summed E-state index contributed by atoms with van der Waals surface area (Å²) >= 11 is 0. The van der Waals surface area contributed by atoms with Crippen molar-refractivity contribution >= 4 is 10.0 Å². The number of likely N-dealkylation sites (N-methyl/N-ethyl adjacent to an activating group) is 1. The minimum absolute atomic E-state index is 0.0989. The first-order valence-electron chi connectivity index (χ1n) is 8.85. The Balaban J connectivity index is 6.80. The van der Waals surface area contributed by atoms with Gasteiger partial charge in [0.15, 0.2) is 6.29 Å². The molecule has 2 N–H and O–H groups in total. The normalized spacial score (nSPS) is 15.9. The molecular weight excluding hydrogens is 556 g/mol. The highest BCUT2D eigenvalue weighted by Crippen LogP contribution is 2.52. The highest BCUT2D eigenvalue weighted by Gasteiger charge is 2.74. The van der Waals surface area contributed by atoms with Crippen molar-refractivity contribution in [3.8, 4) is 0 Å². The summed E-state index contributed by atoms with van der Waals surface area (Å²) in [6, 6.07) is 0. The summed E-state index contributed by atoms with van der Waals surface area (Å²) < 4.78 is 206. The number of hydrogen-bond donors (Lipinski definition) is 2. The van der Waals surface area contributed by atoms with Crippen LogP contribution in [0.1, 0.15) is 19.8 Å². The molecule has 0 bridgehead atoms. The maximum absolute atomic E-state index is 14.0. The third-order valence-corrected chi connectivity index (χ3v) is 6.31. The van der Waals surface area contributed by atoms with Gasteiger partial charge in [-0.1, -0.05) is 12.5 Å². The van der Waals surface area contributed by atoms with Crippen LogP contribution >= 0.6 is 0 Å². The number of allylic oxidation sites excluding steroid dienone is 2. The van der Waals surface area contributed by atoms with Crippen LogP contribution in [-0.2, 0) is 10.0 Å². The molecule has 35 heavy (non-hydrogen) atoms. The molecule has 0 radical (unpaired) electrons. The van der Waals surface area contributed by atoms with E-state index in [1.165, 1.54) is 0 Å². The molecule has 0 fully saturated rings. The predicted octanol–water partition coefficient (Wildman–Crippen LogP) is 4.32. The van der Waals surface area contributed by atoms with E-state index < -0.39 is 95.7 Å². The number of nitrogens with zero attached hydrogens (tertiary/aromatic N) is 1. The SMILES string of the molecule is CCN(CC(O)O)S(=O)(=O)CC/C(=C\C(F)(C(F)(F)F)C(F)(F)F)CC(F)(C(F)(F)F)C(F)(F)F. The highest BCUT2D eigenvalue weighted by molar-refractivity contribution is 7.89. The first-order valence-corrected chi connectivity index (χ1v) is 10.5. The molecule has 210 valence electrons. The summed E-state index contributed by atoms with van der Waals surface area (Å²) in [5.41, 5.74) is -15.5. The topological polar surface area (TPSA) is 77.8 Å². The van der Waals surface area contributed by atoms with Gasteiger partial charge in [-0.3, -0.25) is 0 Å². The maximum Gasteiger partial charge on any atom is 0.435 e. The number of hydrogen-bond acceptors (Lipinski definition) is 4. The van der Waals surface area contributed by atoms with Gasteiger partial charge in [-0.25, -0.2) is 17.2 Å². The van der Waals surface area contributed by atoms with Gasteiger partial charge in [-0.05, 0) is 12.5 Å². The smallest absolute Gasteiger partial charge is 0.367 e. The lowest BCUT2D eigenvalue weighted by Gasteiger charge is -2.33. The molecule has 0 saturated carbocycles. The Morgan fingerprint density at radius 2 is 1.20 bits per heavy atom. The van der Waals surface area contributed by atoms with Crippen molar-refractivity contribution in [1.82, 2.24) is 4.31 Å². The molecule has 0 saturated heterocycles. The van der Waals surface area contributed by atoms with E-state index in [1.807, 2.05) is 0 Å². The third-order valence-electron chi connectivity index (χ3n) is 4.39. The van der Waals surface area contributed by atoms with E-state index in [1.54, 1.807) is 0 Å². The quantitative estimate of drug-likeness (QED) is 0.232. The van der Waals surface area contributed by atoms with Crippen LogP contribution in [0.15, 0.2) is 11.6 Å². The van der Waals surface area contributed by atoms with Gasteiger partial charge in [0.05, 0.1) is 12.3 Å². The molecule has 0 aromatic carbocycles. The molecule has 0 aromatic rings. The average Bonchev–Trinajstić information content (AvgIpc) is 2.59. The van der Waals surface area contributed by atoms with Gasteiger partial charge in [0.1, 0.15) is 0 Å². The molecule has 0 aliphatic carbocycles. The van der Waals surface area contributed by atoms with Crippen LogP contribution in [0.3, 0.4) is 0 Å². The van der Waals surface area contributed by atoms with Crippen LogP contribution in [0.25, 0.3) is 0 Å². The minimum atomic E-state index is -7.01. The monoisotopic (exact) mass is 573 g/mol. The van der Waals surface area contributed by atoms with E-state index >= 15 is 0 Å². The Kier molecular flexibility index (Phi) is 10.1. The molecule has 0 heterocycles. The zero-order valence-corrected chi connectivity index (χ0v) is 17.9. The van der Waals surface area contributed by atoms with Crippen LogP contribution in [0.4, 0.5) is 61.5 Å². The van der Waals surface area contributed by atoms with Gasteiger partial charge in [0, 0.05) is 13.0 Å². The highest BCUT2D eigenvalue weighted by atomic mass is 32.2. The fraction of sp³-hybridized carbons (Fsp3) is 0.867. The van der Waals surface area contributed by atoms with Crippen LogP contribution < -0.4 is 0 Å². The van der Waals surface area contributed by atoms with Crippen molar-refractivity contribution in [3.05, 3.63) is 11.6 Å². The van der Waals surface area contributed by atoms with Gasteiger partial charge in [-0.2, -0.15) is 57.0 Å². The van der Waals surface area contributed by atoms with E-state index in [9.17, 15) is 69.9 Å². The standard InChI is InChI=1S/C15H17F14NO4S/c1-2-30(7-9(31)32)35(33,34)4-3-8(5-10(16,12(18,19)20)13(21,22)23)6-11(17,14(24,25)26)15(27,28)29/h5,9,31-32H,2-4,6-7H2,1H3/b8-5+. The van der Waals surface area contributed by atoms with E-state index in [-0.39, 0.29) is 4.31 Å². The number of sulfonamides is 1. The average molecular weight is 573 g/mol. The number of halogens is 14. The third kappa shape index (κ3) is 7.78. The summed E-state index contributed by atoms with van der Waals surface area (Å²) in [7, 11) is -5.01. The second kappa shape index (κ2) is 10.5. The Morgan fingerprint density at radius 1 is 0.800 bits per heavy atom. The molecule has 20 heteroatoms. The largest absolute Gasteiger partial charge is 0.435 e. The van der Waals surface area contributed by atoms with E-state index in [4.69, 9.17) is 10.2 Å². The Morgan fingerprint density at radius 3 is 1.49 bits per heavy atom. The number of aliphatic hydroxyl groups is 2. The van der Waals surface area contributed by atoms with E-state index in [0.29, 0.717) is 0 Å². The molecule has 5 nitrogen and oxygen atoms in total. The molecule has 0 rings (SSSR count). The fourth-order valence-corrected chi connectivity index (χ4v) is 4.03. The molecule has 0 aliphatic heterocycles. The van der Waals surface area contributed by atoms with Crippen molar-refractivity contribution in [2.45, 2.75) is 62.1 Å². The molecule has 0 atom stereocenters. The molecule has 0 aromatic heterocycles. The van der Waals surface area contributed by atoms with Crippen molar-refractivity contribution in [3.63, 3.8) is 0 Å². The molecule has 0 unspecified atom stereocenters. The van der Waals surface area contributed by atoms with Crippen molar-refractivity contribution in [2.75, 3.05) is 18.8 Å². The molecule has 0 spiro atoms. The predicted molar refractivity (Wildman–Crippen MR) is 88.5 cm³/mol. The zero-order valence-electron chi connectivity index (χ0n) is 17.0. The lowest BCUT2D eigenvalue weighted by atomic mass is 9.89. The van der Waals surface area contributed by atoms with Gasteiger partial charge in [0.2, 0.25) is 10.0 Å². The second-order valence-electron chi connectivity index (χ2n) is 6.98.